The number of hydrogen-bond donors (Lipinski definition) is 2. The predicted octanol–water partition coefficient (Wildman–Crippen LogP) is 4.48. The van der Waals surface area contributed by atoms with E-state index in [1.165, 1.54) is 17.7 Å². The molecule has 144 valence electrons. The number of rotatable bonds is 5. The van der Waals surface area contributed by atoms with Crippen molar-refractivity contribution < 1.29 is 9.18 Å². The number of piperidine rings is 1. The Morgan fingerprint density at radius 2 is 1.81 bits per heavy atom. The third-order valence-corrected chi connectivity index (χ3v) is 5.21. The van der Waals surface area contributed by atoms with Gasteiger partial charge in [-0.1, -0.05) is 29.8 Å². The van der Waals surface area contributed by atoms with E-state index < -0.39 is 0 Å². The summed E-state index contributed by atoms with van der Waals surface area (Å²) < 4.78 is 13.0. The van der Waals surface area contributed by atoms with E-state index in [0.717, 1.165) is 49.3 Å². The topological polar surface area (TPSA) is 44.4 Å². The van der Waals surface area contributed by atoms with Gasteiger partial charge in [-0.05, 0) is 75.0 Å². The molecule has 2 amide bonds. The van der Waals surface area contributed by atoms with Crippen LogP contribution >= 0.6 is 0 Å². The molecule has 0 saturated carbocycles. The minimum Gasteiger partial charge on any atom is -0.338 e. The maximum atomic E-state index is 13.0. The first kappa shape index (κ1) is 19.4. The Kier molecular flexibility index (Phi) is 6.45. The van der Waals surface area contributed by atoms with Gasteiger partial charge in [0.15, 0.2) is 0 Å². The number of nitrogens with zero attached hydrogens (tertiary/aromatic N) is 1. The van der Waals surface area contributed by atoms with Gasteiger partial charge in [0.2, 0.25) is 0 Å². The molecule has 5 heteroatoms. The van der Waals surface area contributed by atoms with Crippen LogP contribution in [0.4, 0.5) is 14.9 Å². The van der Waals surface area contributed by atoms with Gasteiger partial charge in [-0.3, -0.25) is 4.90 Å². The van der Waals surface area contributed by atoms with Gasteiger partial charge in [-0.15, -0.1) is 0 Å². The first-order chi connectivity index (χ1) is 13.0. The highest BCUT2D eigenvalue weighted by molar-refractivity contribution is 5.90. The second-order valence-corrected chi connectivity index (χ2v) is 7.50. The van der Waals surface area contributed by atoms with Gasteiger partial charge >= 0.3 is 6.03 Å². The second kappa shape index (κ2) is 9.00. The molecule has 2 aromatic carbocycles. The van der Waals surface area contributed by atoms with Gasteiger partial charge in [0.25, 0.3) is 0 Å². The van der Waals surface area contributed by atoms with Crippen molar-refractivity contribution in [2.75, 3.05) is 25.0 Å². The van der Waals surface area contributed by atoms with Gasteiger partial charge in [0, 0.05) is 18.8 Å². The Labute approximate surface area is 160 Å². The van der Waals surface area contributed by atoms with Crippen LogP contribution in [0.3, 0.4) is 0 Å². The maximum absolute atomic E-state index is 13.0. The van der Waals surface area contributed by atoms with E-state index in [0.29, 0.717) is 12.5 Å². The lowest BCUT2D eigenvalue weighted by Crippen LogP contribution is -2.39. The number of likely N-dealkylation sites (tertiary alicyclic amines) is 1. The van der Waals surface area contributed by atoms with E-state index >= 15 is 0 Å². The van der Waals surface area contributed by atoms with Crippen LogP contribution in [0.2, 0.25) is 0 Å². The lowest BCUT2D eigenvalue weighted by molar-refractivity contribution is 0.175. The van der Waals surface area contributed by atoms with E-state index in [2.05, 4.69) is 21.6 Å². The molecule has 0 aliphatic carbocycles. The Bertz CT molecular complexity index is 768. The minimum absolute atomic E-state index is 0.143. The zero-order valence-electron chi connectivity index (χ0n) is 16.1. The number of amides is 2. The molecule has 0 bridgehead atoms. The number of hydrogen-bond acceptors (Lipinski definition) is 2. The lowest BCUT2D eigenvalue weighted by atomic mass is 9.96. The van der Waals surface area contributed by atoms with Crippen LogP contribution in [0.25, 0.3) is 0 Å². The van der Waals surface area contributed by atoms with Crippen LogP contribution in [0.5, 0.6) is 0 Å². The van der Waals surface area contributed by atoms with Gasteiger partial charge in [0.1, 0.15) is 5.82 Å². The molecule has 0 spiro atoms. The van der Waals surface area contributed by atoms with E-state index in [1.807, 2.05) is 38.1 Å². The molecule has 0 radical (unpaired) electrons. The first-order valence-corrected chi connectivity index (χ1v) is 9.58. The highest BCUT2D eigenvalue weighted by atomic mass is 19.1. The molecule has 2 N–H and O–H groups in total. The van der Waals surface area contributed by atoms with Crippen molar-refractivity contribution in [1.29, 1.82) is 0 Å². The monoisotopic (exact) mass is 369 g/mol. The molecule has 1 aliphatic rings. The number of aryl methyl sites for hydroxylation is 2. The zero-order chi connectivity index (χ0) is 19.2. The molecule has 1 aliphatic heterocycles. The summed E-state index contributed by atoms with van der Waals surface area (Å²) in [5.74, 6) is 0.307. The van der Waals surface area contributed by atoms with Crippen molar-refractivity contribution >= 4 is 11.7 Å². The lowest BCUT2D eigenvalue weighted by Gasteiger charge is -2.32. The summed E-state index contributed by atoms with van der Waals surface area (Å²) in [6, 6.07) is 12.6. The van der Waals surface area contributed by atoms with Crippen LogP contribution in [-0.4, -0.2) is 30.6 Å². The molecule has 4 nitrogen and oxygen atoms in total. The fourth-order valence-corrected chi connectivity index (χ4v) is 3.55. The van der Waals surface area contributed by atoms with Crippen LogP contribution in [0.15, 0.2) is 42.5 Å². The molecular weight excluding hydrogens is 341 g/mol. The standard InChI is InChI=1S/C22H28FN3O/c1-16-3-8-21(17(2)13-16)25-22(27)24-14-18-9-11-26(12-10-18)15-19-4-6-20(23)7-5-19/h3-8,13,18H,9-12,14-15H2,1-2H3,(H2,24,25,27). The summed E-state index contributed by atoms with van der Waals surface area (Å²) in [5.41, 5.74) is 4.25. The molecule has 1 saturated heterocycles. The van der Waals surface area contributed by atoms with Crippen molar-refractivity contribution in [3.8, 4) is 0 Å². The molecule has 0 atom stereocenters. The molecular formula is C22H28FN3O. The maximum Gasteiger partial charge on any atom is 0.319 e. The van der Waals surface area contributed by atoms with Crippen LogP contribution in [0, 0.1) is 25.6 Å². The van der Waals surface area contributed by atoms with Crippen LogP contribution < -0.4 is 10.6 Å². The van der Waals surface area contributed by atoms with Crippen LogP contribution in [-0.2, 0) is 6.54 Å². The smallest absolute Gasteiger partial charge is 0.319 e. The molecule has 0 unspecified atom stereocenters. The summed E-state index contributed by atoms with van der Waals surface area (Å²) in [6.07, 6.45) is 2.12. The number of benzene rings is 2. The third kappa shape index (κ3) is 5.79. The normalized spacial score (nSPS) is 15.5. The van der Waals surface area contributed by atoms with Crippen molar-refractivity contribution in [2.24, 2.45) is 5.92 Å². The molecule has 27 heavy (non-hydrogen) atoms. The summed E-state index contributed by atoms with van der Waals surface area (Å²) >= 11 is 0. The fourth-order valence-electron chi connectivity index (χ4n) is 3.55. The van der Waals surface area contributed by atoms with Gasteiger partial charge < -0.3 is 10.6 Å². The summed E-state index contributed by atoms with van der Waals surface area (Å²) in [4.78, 5) is 14.6. The predicted molar refractivity (Wildman–Crippen MR) is 107 cm³/mol. The van der Waals surface area contributed by atoms with Crippen molar-refractivity contribution in [3.63, 3.8) is 0 Å². The number of carbonyl (C=O) groups is 1. The largest absolute Gasteiger partial charge is 0.338 e. The summed E-state index contributed by atoms with van der Waals surface area (Å²) in [6.45, 7) is 7.60. The first-order valence-electron chi connectivity index (χ1n) is 9.58. The van der Waals surface area contributed by atoms with Crippen molar-refractivity contribution in [1.82, 2.24) is 10.2 Å². The minimum atomic E-state index is -0.192. The van der Waals surface area contributed by atoms with Gasteiger partial charge in [0.05, 0.1) is 0 Å². The molecule has 0 aromatic heterocycles. The summed E-state index contributed by atoms with van der Waals surface area (Å²) in [5, 5.41) is 5.94. The molecule has 2 aromatic rings. The van der Waals surface area contributed by atoms with E-state index in [-0.39, 0.29) is 11.8 Å². The molecule has 3 rings (SSSR count). The fraction of sp³-hybridized carbons (Fsp3) is 0.409. The number of urea groups is 1. The Morgan fingerprint density at radius 1 is 1.11 bits per heavy atom. The van der Waals surface area contributed by atoms with Crippen molar-refractivity contribution in [3.05, 3.63) is 65.0 Å². The zero-order valence-corrected chi connectivity index (χ0v) is 16.1. The van der Waals surface area contributed by atoms with Gasteiger partial charge in [-0.25, -0.2) is 9.18 Å². The molecule has 1 fully saturated rings. The number of halogens is 1. The SMILES string of the molecule is Cc1ccc(NC(=O)NCC2CCN(Cc3ccc(F)cc3)CC2)c(C)c1. The van der Waals surface area contributed by atoms with E-state index in [4.69, 9.17) is 0 Å². The molecule has 1 heterocycles. The average Bonchev–Trinajstić information content (AvgIpc) is 2.65. The number of nitrogens with one attached hydrogen (secondary N) is 2. The number of carbonyl (C=O) groups excluding carboxylic acids is 1. The quantitative estimate of drug-likeness (QED) is 0.816. The second-order valence-electron chi connectivity index (χ2n) is 7.50. The van der Waals surface area contributed by atoms with E-state index in [1.54, 1.807) is 0 Å². The van der Waals surface area contributed by atoms with Gasteiger partial charge in [-0.2, -0.15) is 0 Å². The highest BCUT2D eigenvalue weighted by Gasteiger charge is 2.20. The van der Waals surface area contributed by atoms with Crippen LogP contribution in [0.1, 0.15) is 29.5 Å². The highest BCUT2D eigenvalue weighted by Crippen LogP contribution is 2.19. The number of anilines is 1. The van der Waals surface area contributed by atoms with E-state index in [9.17, 15) is 9.18 Å². The Morgan fingerprint density at radius 3 is 2.48 bits per heavy atom. The Hall–Kier alpha value is -2.40. The summed E-state index contributed by atoms with van der Waals surface area (Å²) in [7, 11) is 0. The third-order valence-electron chi connectivity index (χ3n) is 5.21. The average molecular weight is 369 g/mol. The Balaban J connectivity index is 1.38. The van der Waals surface area contributed by atoms with Crippen molar-refractivity contribution in [2.45, 2.75) is 33.2 Å².